The molecule has 1 aliphatic heterocycles. The molecule has 0 saturated heterocycles. The number of nitrogens with zero attached hydrogens (tertiary/aromatic N) is 1. The van der Waals surface area contributed by atoms with Gasteiger partial charge in [-0.05, 0) is 49.9 Å². The van der Waals surface area contributed by atoms with Gasteiger partial charge in [0, 0.05) is 33.1 Å². The lowest BCUT2D eigenvalue weighted by molar-refractivity contribution is -0.125. The highest BCUT2D eigenvalue weighted by Gasteiger charge is 2.22. The summed E-state index contributed by atoms with van der Waals surface area (Å²) in [6.07, 6.45) is 5.06. The largest absolute Gasteiger partial charge is 0.379 e. The zero-order valence-electron chi connectivity index (χ0n) is 20.7. The van der Waals surface area contributed by atoms with Gasteiger partial charge in [-0.3, -0.25) is 9.59 Å². The van der Waals surface area contributed by atoms with Crippen LogP contribution in [0.2, 0.25) is 0 Å². The van der Waals surface area contributed by atoms with Gasteiger partial charge >= 0.3 is 0 Å². The smallest absolute Gasteiger partial charge is 0.227 e. The molecule has 1 aliphatic rings. The average molecular weight is 465 g/mol. The van der Waals surface area contributed by atoms with E-state index in [0.717, 1.165) is 28.8 Å². The molecule has 2 aromatic rings. The summed E-state index contributed by atoms with van der Waals surface area (Å²) in [7, 11) is 1.69. The van der Waals surface area contributed by atoms with Crippen molar-refractivity contribution in [3.63, 3.8) is 0 Å². The number of rotatable bonds is 10. The number of carbonyl (C=O) groups is 2. The number of para-hydroxylation sites is 1. The number of ether oxygens (including phenoxy) is 2. The molecule has 1 unspecified atom stereocenters. The van der Waals surface area contributed by atoms with Gasteiger partial charge < -0.3 is 19.7 Å². The number of anilines is 1. The van der Waals surface area contributed by atoms with Gasteiger partial charge in [-0.2, -0.15) is 0 Å². The molecule has 1 atom stereocenters. The first-order valence-corrected chi connectivity index (χ1v) is 11.9. The molecule has 0 saturated carbocycles. The van der Waals surface area contributed by atoms with Gasteiger partial charge in [0.25, 0.3) is 0 Å². The molecule has 0 bridgehead atoms. The molecule has 3 rings (SSSR count). The Hall–Kier alpha value is -2.96. The van der Waals surface area contributed by atoms with Crippen LogP contribution in [0.3, 0.4) is 0 Å². The van der Waals surface area contributed by atoms with Crippen LogP contribution in [0.5, 0.6) is 0 Å². The summed E-state index contributed by atoms with van der Waals surface area (Å²) in [5.41, 5.74) is 3.78. The number of fused-ring (bicyclic) bond motifs is 2. The minimum atomic E-state index is -0.232. The molecule has 182 valence electrons. The maximum absolute atomic E-state index is 13.2. The van der Waals surface area contributed by atoms with E-state index < -0.39 is 0 Å². The molecule has 34 heavy (non-hydrogen) atoms. The van der Waals surface area contributed by atoms with Crippen molar-refractivity contribution in [2.75, 3.05) is 25.2 Å². The van der Waals surface area contributed by atoms with Crippen LogP contribution in [0.25, 0.3) is 12.2 Å². The van der Waals surface area contributed by atoms with Gasteiger partial charge in [0.15, 0.2) is 0 Å². The zero-order valence-corrected chi connectivity index (χ0v) is 20.7. The maximum Gasteiger partial charge on any atom is 0.227 e. The molecule has 1 N–H and O–H groups in total. The second kappa shape index (κ2) is 12.0. The lowest BCUT2D eigenvalue weighted by Crippen LogP contribution is -2.35. The van der Waals surface area contributed by atoms with E-state index in [1.165, 1.54) is 0 Å². The van der Waals surface area contributed by atoms with Crippen LogP contribution in [0, 0.1) is 0 Å². The number of methoxy groups -OCH3 is 1. The fourth-order valence-corrected chi connectivity index (χ4v) is 3.74. The molecule has 0 radical (unpaired) electrons. The molecular formula is C28H36N2O4. The summed E-state index contributed by atoms with van der Waals surface area (Å²) < 4.78 is 11.2. The predicted molar refractivity (Wildman–Crippen MR) is 136 cm³/mol. The standard InChI is InChI=1S/C28H36N2O4/c1-21(34-18-17-28(2,3)33-4)19-29-26(31)15-16-27(32)30-20-24-11-6-5-9-22(24)13-14-23-10-7-8-12-25(23)30/h5-14,21H,15-20H2,1-4H3,(H,29,31)/b14-13-. The van der Waals surface area contributed by atoms with Crippen molar-refractivity contribution in [3.05, 3.63) is 65.2 Å². The lowest BCUT2D eigenvalue weighted by atomic mass is 10.0. The summed E-state index contributed by atoms with van der Waals surface area (Å²) in [6, 6.07) is 15.9. The van der Waals surface area contributed by atoms with Gasteiger partial charge in [0.05, 0.1) is 23.9 Å². The summed E-state index contributed by atoms with van der Waals surface area (Å²) in [5, 5.41) is 2.88. The Morgan fingerprint density at radius 1 is 1.03 bits per heavy atom. The van der Waals surface area contributed by atoms with E-state index in [-0.39, 0.29) is 36.4 Å². The lowest BCUT2D eigenvalue weighted by Gasteiger charge is -2.27. The van der Waals surface area contributed by atoms with Crippen LogP contribution in [0.1, 0.15) is 56.7 Å². The summed E-state index contributed by atoms with van der Waals surface area (Å²) in [4.78, 5) is 27.4. The normalized spacial score (nSPS) is 14.9. The fourth-order valence-electron chi connectivity index (χ4n) is 3.74. The molecule has 0 fully saturated rings. The number of amides is 2. The molecular weight excluding hydrogens is 428 g/mol. The quantitative estimate of drug-likeness (QED) is 0.547. The number of hydrogen-bond donors (Lipinski definition) is 1. The summed E-state index contributed by atoms with van der Waals surface area (Å²) in [6.45, 7) is 7.39. The first-order valence-electron chi connectivity index (χ1n) is 11.9. The van der Waals surface area contributed by atoms with Crippen molar-refractivity contribution >= 4 is 29.7 Å². The highest BCUT2D eigenvalue weighted by molar-refractivity contribution is 5.98. The van der Waals surface area contributed by atoms with Crippen molar-refractivity contribution in [1.82, 2.24) is 5.32 Å². The van der Waals surface area contributed by atoms with Crippen LogP contribution < -0.4 is 10.2 Å². The van der Waals surface area contributed by atoms with Crippen molar-refractivity contribution in [3.8, 4) is 0 Å². The van der Waals surface area contributed by atoms with Gasteiger partial charge in [0.2, 0.25) is 11.8 Å². The van der Waals surface area contributed by atoms with Crippen molar-refractivity contribution in [2.45, 2.75) is 58.3 Å². The Kier molecular flexibility index (Phi) is 9.02. The minimum absolute atomic E-state index is 0.0706. The topological polar surface area (TPSA) is 67.9 Å². The van der Waals surface area contributed by atoms with Crippen LogP contribution in [-0.4, -0.2) is 43.8 Å². The van der Waals surface area contributed by atoms with Crippen LogP contribution >= 0.6 is 0 Å². The average Bonchev–Trinajstić information content (AvgIpc) is 2.82. The second-order valence-electron chi connectivity index (χ2n) is 9.27. The molecule has 2 aromatic carbocycles. The third-order valence-corrected chi connectivity index (χ3v) is 6.17. The SMILES string of the molecule is COC(C)(C)CCOC(C)CNC(=O)CCC(=O)N1Cc2ccccc2/C=C\c2ccccc21. The molecule has 6 nitrogen and oxygen atoms in total. The van der Waals surface area contributed by atoms with Crippen molar-refractivity contribution < 1.29 is 19.1 Å². The van der Waals surface area contributed by atoms with E-state index in [1.807, 2.05) is 69.3 Å². The molecule has 1 heterocycles. The maximum atomic E-state index is 13.2. The third-order valence-electron chi connectivity index (χ3n) is 6.17. The number of nitrogens with one attached hydrogen (secondary N) is 1. The van der Waals surface area contributed by atoms with Gasteiger partial charge in [-0.1, -0.05) is 54.6 Å². The predicted octanol–water partition coefficient (Wildman–Crippen LogP) is 4.82. The van der Waals surface area contributed by atoms with E-state index in [0.29, 0.717) is 19.7 Å². The van der Waals surface area contributed by atoms with E-state index in [1.54, 1.807) is 12.0 Å². The Bertz CT molecular complexity index is 1010. The summed E-state index contributed by atoms with van der Waals surface area (Å²) in [5.74, 6) is -0.222. The Labute approximate surface area is 202 Å². The van der Waals surface area contributed by atoms with Crippen molar-refractivity contribution in [1.29, 1.82) is 0 Å². The van der Waals surface area contributed by atoms with E-state index >= 15 is 0 Å². The monoisotopic (exact) mass is 464 g/mol. The third kappa shape index (κ3) is 7.27. The van der Waals surface area contributed by atoms with E-state index in [4.69, 9.17) is 9.47 Å². The minimum Gasteiger partial charge on any atom is -0.379 e. The Morgan fingerprint density at radius 3 is 2.47 bits per heavy atom. The van der Waals surface area contributed by atoms with Crippen LogP contribution in [0.4, 0.5) is 5.69 Å². The van der Waals surface area contributed by atoms with Gasteiger partial charge in [-0.15, -0.1) is 0 Å². The number of benzene rings is 2. The molecule has 2 amide bonds. The zero-order chi connectivity index (χ0) is 24.6. The van der Waals surface area contributed by atoms with Crippen molar-refractivity contribution in [2.24, 2.45) is 0 Å². The fraction of sp³-hybridized carbons (Fsp3) is 0.429. The van der Waals surface area contributed by atoms with Crippen LogP contribution in [0.15, 0.2) is 48.5 Å². The molecule has 0 aliphatic carbocycles. The summed E-state index contributed by atoms with van der Waals surface area (Å²) >= 11 is 0. The molecule has 6 heteroatoms. The molecule has 0 aromatic heterocycles. The van der Waals surface area contributed by atoms with E-state index in [2.05, 4.69) is 17.5 Å². The van der Waals surface area contributed by atoms with Gasteiger partial charge in [0.1, 0.15) is 0 Å². The highest BCUT2D eigenvalue weighted by atomic mass is 16.5. The highest BCUT2D eigenvalue weighted by Crippen LogP contribution is 2.29. The molecule has 0 spiro atoms. The second-order valence-corrected chi connectivity index (χ2v) is 9.27. The Morgan fingerprint density at radius 2 is 1.71 bits per heavy atom. The number of carbonyl (C=O) groups excluding carboxylic acids is 2. The Balaban J connectivity index is 1.54. The first kappa shape index (κ1) is 25.7. The van der Waals surface area contributed by atoms with Gasteiger partial charge in [-0.25, -0.2) is 0 Å². The number of hydrogen-bond acceptors (Lipinski definition) is 4. The first-order chi connectivity index (χ1) is 16.3. The van der Waals surface area contributed by atoms with Crippen LogP contribution in [-0.2, 0) is 25.6 Å². The van der Waals surface area contributed by atoms with E-state index in [9.17, 15) is 9.59 Å².